The highest BCUT2D eigenvalue weighted by molar-refractivity contribution is 7.12. The summed E-state index contributed by atoms with van der Waals surface area (Å²) in [6, 6.07) is 3.55. The highest BCUT2D eigenvalue weighted by Crippen LogP contribution is 2.13. The molecule has 2 heterocycles. The number of carbonyl (C=O) groups excluding carboxylic acids is 1. The molecule has 0 bridgehead atoms. The monoisotopic (exact) mass is 209 g/mol. The van der Waals surface area contributed by atoms with Crippen LogP contribution in [0.5, 0.6) is 0 Å². The molecule has 2 aromatic rings. The van der Waals surface area contributed by atoms with Crippen LogP contribution in [-0.2, 0) is 0 Å². The summed E-state index contributed by atoms with van der Waals surface area (Å²) in [7, 11) is 0. The Morgan fingerprint density at radius 2 is 2.43 bits per heavy atom. The quantitative estimate of drug-likeness (QED) is 0.817. The smallest absolute Gasteiger partial charge is 0.267 e. The van der Waals surface area contributed by atoms with Crippen molar-refractivity contribution < 1.29 is 9.42 Å². The number of thiophene rings is 1. The molecule has 0 spiro atoms. The van der Waals surface area contributed by atoms with Gasteiger partial charge in [-0.25, -0.2) is 4.63 Å². The highest BCUT2D eigenvalue weighted by atomic mass is 32.1. The normalized spacial score (nSPS) is 10.1. The molecular formula is C8H7N3O2S. The Bertz CT molecular complexity index is 435. The van der Waals surface area contributed by atoms with E-state index in [1.165, 1.54) is 11.3 Å². The number of rotatable bonds is 2. The van der Waals surface area contributed by atoms with Crippen molar-refractivity contribution in [3.05, 3.63) is 28.1 Å². The summed E-state index contributed by atoms with van der Waals surface area (Å²) in [6.07, 6.45) is 0. The van der Waals surface area contributed by atoms with Gasteiger partial charge in [0.15, 0.2) is 0 Å². The summed E-state index contributed by atoms with van der Waals surface area (Å²) in [5.74, 6) is 0.169. The van der Waals surface area contributed by atoms with Gasteiger partial charge < -0.3 is 5.32 Å². The first-order valence-corrected chi connectivity index (χ1v) is 4.79. The molecule has 14 heavy (non-hydrogen) atoms. The van der Waals surface area contributed by atoms with Crippen LogP contribution in [0, 0.1) is 6.92 Å². The first-order chi connectivity index (χ1) is 6.77. The largest absolute Gasteiger partial charge is 0.301 e. The third kappa shape index (κ3) is 1.64. The van der Waals surface area contributed by atoms with Crippen LogP contribution in [0.3, 0.4) is 0 Å². The molecule has 2 rings (SSSR count). The summed E-state index contributed by atoms with van der Waals surface area (Å²) in [4.78, 5) is 12.1. The molecule has 0 saturated heterocycles. The van der Waals surface area contributed by atoms with Crippen LogP contribution in [0.4, 0.5) is 5.82 Å². The lowest BCUT2D eigenvalue weighted by molar-refractivity contribution is 0.102. The zero-order chi connectivity index (χ0) is 9.97. The molecule has 0 atom stereocenters. The van der Waals surface area contributed by atoms with Crippen LogP contribution in [-0.4, -0.2) is 16.2 Å². The van der Waals surface area contributed by atoms with Gasteiger partial charge in [0.25, 0.3) is 5.91 Å². The lowest BCUT2D eigenvalue weighted by Crippen LogP contribution is -2.11. The number of aromatic nitrogens is 2. The molecule has 1 amide bonds. The van der Waals surface area contributed by atoms with Crippen molar-refractivity contribution >= 4 is 23.1 Å². The molecule has 2 aromatic heterocycles. The predicted octanol–water partition coefficient (Wildman–Crippen LogP) is 1.69. The van der Waals surface area contributed by atoms with Gasteiger partial charge in [-0.3, -0.25) is 4.79 Å². The second-order valence-corrected chi connectivity index (χ2v) is 3.58. The van der Waals surface area contributed by atoms with Gasteiger partial charge in [-0.2, -0.15) is 0 Å². The van der Waals surface area contributed by atoms with Crippen molar-refractivity contribution in [2.45, 2.75) is 6.92 Å². The summed E-state index contributed by atoms with van der Waals surface area (Å²) in [5.41, 5.74) is 0.565. The van der Waals surface area contributed by atoms with E-state index in [-0.39, 0.29) is 5.91 Å². The molecule has 0 aromatic carbocycles. The maximum absolute atomic E-state index is 11.5. The van der Waals surface area contributed by atoms with Crippen molar-refractivity contribution in [2.75, 3.05) is 5.32 Å². The van der Waals surface area contributed by atoms with Gasteiger partial charge in [-0.15, -0.1) is 11.3 Å². The van der Waals surface area contributed by atoms with E-state index >= 15 is 0 Å². The van der Waals surface area contributed by atoms with Gasteiger partial charge in [0.05, 0.1) is 4.88 Å². The average molecular weight is 209 g/mol. The molecule has 0 unspecified atom stereocenters. The lowest BCUT2D eigenvalue weighted by Gasteiger charge is -1.97. The SMILES string of the molecule is Cc1nonc1NC(=O)c1cccs1. The number of nitrogens with one attached hydrogen (secondary N) is 1. The summed E-state index contributed by atoms with van der Waals surface area (Å²) < 4.78 is 4.45. The fourth-order valence-electron chi connectivity index (χ4n) is 0.922. The maximum atomic E-state index is 11.5. The van der Waals surface area contributed by atoms with Crippen molar-refractivity contribution in [1.29, 1.82) is 0 Å². The van der Waals surface area contributed by atoms with E-state index in [1.54, 1.807) is 13.0 Å². The minimum absolute atomic E-state index is 0.196. The standard InChI is InChI=1S/C8H7N3O2S/c1-5-7(11-13-10-5)9-8(12)6-3-2-4-14-6/h2-4H,1H3,(H,9,11,12). The van der Waals surface area contributed by atoms with Gasteiger partial charge in [-0.05, 0) is 23.5 Å². The molecule has 6 heteroatoms. The molecule has 1 N–H and O–H groups in total. The molecule has 0 radical (unpaired) electrons. The van der Waals surface area contributed by atoms with E-state index < -0.39 is 0 Å². The Balaban J connectivity index is 2.13. The van der Waals surface area contributed by atoms with Gasteiger partial charge in [-0.1, -0.05) is 11.2 Å². The number of hydrogen-bond acceptors (Lipinski definition) is 5. The molecule has 0 saturated carbocycles. The fraction of sp³-hybridized carbons (Fsp3) is 0.125. The van der Waals surface area contributed by atoms with E-state index in [0.717, 1.165) is 0 Å². The van der Waals surface area contributed by atoms with Crippen LogP contribution in [0.15, 0.2) is 22.1 Å². The minimum Gasteiger partial charge on any atom is -0.301 e. The predicted molar refractivity (Wildman–Crippen MR) is 51.3 cm³/mol. The van der Waals surface area contributed by atoms with Crippen LogP contribution in [0.2, 0.25) is 0 Å². The molecule has 5 nitrogen and oxygen atoms in total. The van der Waals surface area contributed by atoms with Crippen molar-refractivity contribution in [3.8, 4) is 0 Å². The first-order valence-electron chi connectivity index (χ1n) is 3.91. The van der Waals surface area contributed by atoms with E-state index in [9.17, 15) is 4.79 Å². The third-order valence-electron chi connectivity index (χ3n) is 1.63. The van der Waals surface area contributed by atoms with Crippen LogP contribution in [0.25, 0.3) is 0 Å². The maximum Gasteiger partial charge on any atom is 0.267 e. The zero-order valence-corrected chi connectivity index (χ0v) is 8.17. The topological polar surface area (TPSA) is 68.0 Å². The summed E-state index contributed by atoms with van der Waals surface area (Å²) >= 11 is 1.37. The number of anilines is 1. The summed E-state index contributed by atoms with van der Waals surface area (Å²) in [6.45, 7) is 1.71. The van der Waals surface area contributed by atoms with Crippen LogP contribution < -0.4 is 5.32 Å². The van der Waals surface area contributed by atoms with Crippen LogP contribution in [0.1, 0.15) is 15.4 Å². The number of hydrogen-bond donors (Lipinski definition) is 1. The second kappa shape index (κ2) is 3.59. The third-order valence-corrected chi connectivity index (χ3v) is 2.50. The average Bonchev–Trinajstić information content (AvgIpc) is 2.77. The Morgan fingerprint density at radius 3 is 3.00 bits per heavy atom. The van der Waals surface area contributed by atoms with E-state index in [4.69, 9.17) is 0 Å². The van der Waals surface area contributed by atoms with Crippen molar-refractivity contribution in [3.63, 3.8) is 0 Å². The Morgan fingerprint density at radius 1 is 1.57 bits per heavy atom. The van der Waals surface area contributed by atoms with Gasteiger partial charge in [0.1, 0.15) is 5.69 Å². The Kier molecular flexibility index (Phi) is 2.28. The van der Waals surface area contributed by atoms with Gasteiger partial charge in [0, 0.05) is 0 Å². The number of aryl methyl sites for hydroxylation is 1. The Hall–Kier alpha value is -1.69. The first kappa shape index (κ1) is 8.89. The highest BCUT2D eigenvalue weighted by Gasteiger charge is 2.11. The summed E-state index contributed by atoms with van der Waals surface area (Å²) in [5, 5.41) is 11.5. The number of amides is 1. The Labute approximate surface area is 83.7 Å². The molecular weight excluding hydrogens is 202 g/mol. The zero-order valence-electron chi connectivity index (χ0n) is 7.35. The molecule has 0 aliphatic rings. The van der Waals surface area contributed by atoms with E-state index in [2.05, 4.69) is 20.3 Å². The number of carbonyl (C=O) groups is 1. The van der Waals surface area contributed by atoms with E-state index in [1.807, 2.05) is 11.4 Å². The minimum atomic E-state index is -0.196. The van der Waals surface area contributed by atoms with Crippen molar-refractivity contribution in [1.82, 2.24) is 10.3 Å². The fourth-order valence-corrected chi connectivity index (χ4v) is 1.54. The van der Waals surface area contributed by atoms with Gasteiger partial charge in [0.2, 0.25) is 5.82 Å². The molecule has 0 fully saturated rings. The van der Waals surface area contributed by atoms with Crippen molar-refractivity contribution in [2.24, 2.45) is 0 Å². The van der Waals surface area contributed by atoms with Gasteiger partial charge >= 0.3 is 0 Å². The molecule has 0 aliphatic heterocycles. The van der Waals surface area contributed by atoms with E-state index in [0.29, 0.717) is 16.4 Å². The van der Waals surface area contributed by atoms with Crippen LogP contribution >= 0.6 is 11.3 Å². The second-order valence-electron chi connectivity index (χ2n) is 2.63. The number of nitrogens with zero attached hydrogens (tertiary/aromatic N) is 2. The molecule has 72 valence electrons. The lowest BCUT2D eigenvalue weighted by atomic mass is 10.4. The molecule has 0 aliphatic carbocycles.